The van der Waals surface area contributed by atoms with E-state index in [1.165, 1.54) is 30.5 Å². The van der Waals surface area contributed by atoms with E-state index in [0.717, 1.165) is 44.8 Å². The monoisotopic (exact) mass is 356 g/mol. The molecule has 2 N–H and O–H groups in total. The normalized spacial score (nSPS) is 34.2. The standard InChI is InChI=1S/C21H28N2O3/c24-16-4-3-15-9-19-18-12-22(13-20(25)26)7-5-21(18,17(15)10-16)6-8-23(19)11-14-1-2-14/h3-4,10,14,18-19,24H,1-2,5-9,11-13H2,(H,25,26)/t18-,19+,21-/m0/s1. The Kier molecular flexibility index (Phi) is 3.80. The predicted molar refractivity (Wildman–Crippen MR) is 98.4 cm³/mol. The lowest BCUT2D eigenvalue weighted by atomic mass is 9.54. The third-order valence-electron chi connectivity index (χ3n) is 7.42. The molecule has 5 rings (SSSR count). The van der Waals surface area contributed by atoms with E-state index in [-0.39, 0.29) is 12.0 Å². The number of aliphatic carboxylic acids is 1. The molecule has 1 aromatic rings. The van der Waals surface area contributed by atoms with E-state index < -0.39 is 5.97 Å². The first kappa shape index (κ1) is 16.6. The van der Waals surface area contributed by atoms with Gasteiger partial charge in [-0.3, -0.25) is 14.6 Å². The summed E-state index contributed by atoms with van der Waals surface area (Å²) in [6, 6.07) is 6.47. The lowest BCUT2D eigenvalue weighted by Crippen LogP contribution is -2.65. The van der Waals surface area contributed by atoms with Crippen molar-refractivity contribution < 1.29 is 15.0 Å². The number of nitrogens with zero attached hydrogens (tertiary/aromatic N) is 2. The van der Waals surface area contributed by atoms with Crippen molar-refractivity contribution in [1.82, 2.24) is 9.80 Å². The van der Waals surface area contributed by atoms with E-state index in [1.54, 1.807) is 0 Å². The minimum Gasteiger partial charge on any atom is -0.508 e. The minimum atomic E-state index is -0.727. The van der Waals surface area contributed by atoms with Gasteiger partial charge in [0, 0.05) is 24.5 Å². The first-order chi connectivity index (χ1) is 12.5. The average Bonchev–Trinajstić information content (AvgIpc) is 3.41. The SMILES string of the molecule is O=C(O)CN1CC[C@]23CCN(CC4CC4)[C@H](Cc4ccc(O)cc42)[C@@H]3C1. The number of hydrogen-bond acceptors (Lipinski definition) is 4. The molecule has 0 spiro atoms. The molecule has 1 aromatic carbocycles. The molecular weight excluding hydrogens is 328 g/mol. The maximum atomic E-state index is 11.2. The molecule has 2 aliphatic heterocycles. The van der Waals surface area contributed by atoms with Crippen LogP contribution in [0.4, 0.5) is 0 Å². The summed E-state index contributed by atoms with van der Waals surface area (Å²) in [6.07, 6.45) is 5.92. The molecule has 1 saturated carbocycles. The van der Waals surface area contributed by atoms with Crippen LogP contribution >= 0.6 is 0 Å². The van der Waals surface area contributed by atoms with Crippen LogP contribution in [0.3, 0.4) is 0 Å². The van der Waals surface area contributed by atoms with Crippen molar-refractivity contribution in [3.8, 4) is 5.75 Å². The number of phenolic OH excluding ortho intramolecular Hbond substituents is 1. The third-order valence-corrected chi connectivity index (χ3v) is 7.42. The van der Waals surface area contributed by atoms with Gasteiger partial charge in [0.05, 0.1) is 6.54 Å². The van der Waals surface area contributed by atoms with Crippen molar-refractivity contribution in [3.63, 3.8) is 0 Å². The number of piperidine rings is 2. The first-order valence-electron chi connectivity index (χ1n) is 10.1. The van der Waals surface area contributed by atoms with Crippen LogP contribution in [0.2, 0.25) is 0 Å². The summed E-state index contributed by atoms with van der Waals surface area (Å²) in [5.74, 6) is 0.985. The number of carbonyl (C=O) groups is 1. The number of fused-ring (bicyclic) bond motifs is 1. The van der Waals surface area contributed by atoms with Crippen molar-refractivity contribution in [3.05, 3.63) is 29.3 Å². The lowest BCUT2D eigenvalue weighted by molar-refractivity contribution is -0.140. The number of carboxylic acid groups (broad SMARTS) is 1. The summed E-state index contributed by atoms with van der Waals surface area (Å²) in [4.78, 5) is 16.1. The lowest BCUT2D eigenvalue weighted by Gasteiger charge is -2.60. The predicted octanol–water partition coefficient (Wildman–Crippen LogP) is 2.08. The van der Waals surface area contributed by atoms with Crippen LogP contribution in [-0.4, -0.2) is 64.7 Å². The van der Waals surface area contributed by atoms with E-state index >= 15 is 0 Å². The number of aromatic hydroxyl groups is 1. The van der Waals surface area contributed by atoms with Crippen molar-refractivity contribution in [2.75, 3.05) is 32.7 Å². The molecule has 140 valence electrons. The molecule has 2 bridgehead atoms. The van der Waals surface area contributed by atoms with Crippen molar-refractivity contribution in [2.24, 2.45) is 11.8 Å². The van der Waals surface area contributed by atoms with Gasteiger partial charge >= 0.3 is 5.97 Å². The van der Waals surface area contributed by atoms with Crippen LogP contribution in [0.5, 0.6) is 5.75 Å². The minimum absolute atomic E-state index is 0.117. The number of carboxylic acids is 1. The summed E-state index contributed by atoms with van der Waals surface area (Å²) in [6.45, 7) is 4.21. The second-order valence-corrected chi connectivity index (χ2v) is 8.94. The molecule has 0 aromatic heterocycles. The van der Waals surface area contributed by atoms with Crippen LogP contribution in [0.1, 0.15) is 36.8 Å². The highest BCUT2D eigenvalue weighted by atomic mass is 16.4. The summed E-state index contributed by atoms with van der Waals surface area (Å²) in [5, 5.41) is 19.4. The number of rotatable bonds is 4. The number of hydrogen-bond donors (Lipinski definition) is 2. The van der Waals surface area contributed by atoms with Gasteiger partial charge in [-0.25, -0.2) is 0 Å². The Balaban J connectivity index is 1.52. The van der Waals surface area contributed by atoms with Crippen molar-refractivity contribution >= 4 is 5.97 Å². The summed E-state index contributed by atoms with van der Waals surface area (Å²) in [5.41, 5.74) is 2.86. The van der Waals surface area contributed by atoms with Crippen LogP contribution in [0, 0.1) is 11.8 Å². The topological polar surface area (TPSA) is 64.0 Å². The van der Waals surface area contributed by atoms with E-state index in [4.69, 9.17) is 0 Å². The van der Waals surface area contributed by atoms with E-state index in [0.29, 0.717) is 17.7 Å². The average molecular weight is 356 g/mol. The molecule has 26 heavy (non-hydrogen) atoms. The van der Waals surface area contributed by atoms with Gasteiger partial charge in [-0.05, 0) is 80.3 Å². The second kappa shape index (κ2) is 5.96. The summed E-state index contributed by atoms with van der Waals surface area (Å²) >= 11 is 0. The summed E-state index contributed by atoms with van der Waals surface area (Å²) < 4.78 is 0. The zero-order valence-electron chi connectivity index (χ0n) is 15.2. The Morgan fingerprint density at radius 3 is 2.81 bits per heavy atom. The first-order valence-corrected chi connectivity index (χ1v) is 10.1. The fourth-order valence-corrected chi connectivity index (χ4v) is 6.02. The molecular formula is C21H28N2O3. The number of likely N-dealkylation sites (tertiary alicyclic amines) is 2. The second-order valence-electron chi connectivity index (χ2n) is 8.94. The van der Waals surface area contributed by atoms with Gasteiger partial charge in [0.1, 0.15) is 5.75 Å². The highest BCUT2D eigenvalue weighted by molar-refractivity contribution is 5.69. The van der Waals surface area contributed by atoms with Gasteiger partial charge in [-0.1, -0.05) is 6.07 Å². The van der Waals surface area contributed by atoms with Crippen LogP contribution in [0.25, 0.3) is 0 Å². The highest BCUT2D eigenvalue weighted by Crippen LogP contribution is 2.54. The Bertz CT molecular complexity index is 732. The van der Waals surface area contributed by atoms with Gasteiger partial charge in [-0.15, -0.1) is 0 Å². The molecule has 5 heteroatoms. The van der Waals surface area contributed by atoms with Gasteiger partial charge in [0.2, 0.25) is 0 Å². The zero-order chi connectivity index (χ0) is 17.9. The fraction of sp³-hybridized carbons (Fsp3) is 0.667. The van der Waals surface area contributed by atoms with Gasteiger partial charge in [0.25, 0.3) is 0 Å². The molecule has 4 aliphatic rings. The smallest absolute Gasteiger partial charge is 0.317 e. The van der Waals surface area contributed by atoms with E-state index in [1.807, 2.05) is 12.1 Å². The number of phenols is 1. The summed E-state index contributed by atoms with van der Waals surface area (Å²) in [7, 11) is 0. The maximum Gasteiger partial charge on any atom is 0.317 e. The molecule has 0 unspecified atom stereocenters. The molecule has 3 atom stereocenters. The van der Waals surface area contributed by atoms with Crippen molar-refractivity contribution in [2.45, 2.75) is 43.6 Å². The molecule has 0 amide bonds. The quantitative estimate of drug-likeness (QED) is 0.865. The zero-order valence-corrected chi connectivity index (χ0v) is 15.2. The van der Waals surface area contributed by atoms with Crippen LogP contribution in [-0.2, 0) is 16.6 Å². The Morgan fingerprint density at radius 1 is 1.23 bits per heavy atom. The molecule has 2 saturated heterocycles. The number of benzene rings is 1. The van der Waals surface area contributed by atoms with Gasteiger partial charge in [-0.2, -0.15) is 0 Å². The van der Waals surface area contributed by atoms with Crippen LogP contribution < -0.4 is 0 Å². The highest BCUT2D eigenvalue weighted by Gasteiger charge is 2.55. The largest absolute Gasteiger partial charge is 0.508 e. The molecule has 3 fully saturated rings. The van der Waals surface area contributed by atoms with Gasteiger partial charge in [0.15, 0.2) is 0 Å². The molecule has 2 aliphatic carbocycles. The van der Waals surface area contributed by atoms with Crippen molar-refractivity contribution in [1.29, 1.82) is 0 Å². The molecule has 2 heterocycles. The third kappa shape index (κ3) is 2.64. The molecule has 5 nitrogen and oxygen atoms in total. The fourth-order valence-electron chi connectivity index (χ4n) is 6.02. The van der Waals surface area contributed by atoms with Gasteiger partial charge < -0.3 is 10.2 Å². The molecule has 0 radical (unpaired) electrons. The Hall–Kier alpha value is -1.59. The Labute approximate surface area is 154 Å². The maximum absolute atomic E-state index is 11.2. The van der Waals surface area contributed by atoms with E-state index in [9.17, 15) is 15.0 Å². The van der Waals surface area contributed by atoms with E-state index in [2.05, 4.69) is 15.9 Å². The Morgan fingerprint density at radius 2 is 2.04 bits per heavy atom. The van der Waals surface area contributed by atoms with Crippen LogP contribution in [0.15, 0.2) is 18.2 Å².